The van der Waals surface area contributed by atoms with Gasteiger partial charge < -0.3 is 5.32 Å². The molecule has 0 amide bonds. The molecule has 0 radical (unpaired) electrons. The molecule has 1 aliphatic rings. The highest BCUT2D eigenvalue weighted by Gasteiger charge is 2.32. The predicted octanol–water partition coefficient (Wildman–Crippen LogP) is 3.00. The van der Waals surface area contributed by atoms with Crippen LogP contribution in [0, 0.1) is 5.82 Å². The van der Waals surface area contributed by atoms with Gasteiger partial charge in [-0.05, 0) is 43.1 Å². The molecule has 2 aromatic heterocycles. The van der Waals surface area contributed by atoms with Crippen molar-refractivity contribution in [2.24, 2.45) is 0 Å². The number of nitrogens with zero attached hydrogens (tertiary/aromatic N) is 2. The van der Waals surface area contributed by atoms with E-state index in [1.54, 1.807) is 6.07 Å². The minimum Gasteiger partial charge on any atom is -0.308 e. The zero-order valence-electron chi connectivity index (χ0n) is 11.5. The van der Waals surface area contributed by atoms with Crippen molar-refractivity contribution >= 4 is 0 Å². The summed E-state index contributed by atoms with van der Waals surface area (Å²) in [4.78, 5) is 8.79. The van der Waals surface area contributed by atoms with E-state index in [0.29, 0.717) is 5.92 Å². The van der Waals surface area contributed by atoms with Gasteiger partial charge in [-0.1, -0.05) is 13.0 Å². The molecule has 0 saturated carbocycles. The lowest BCUT2D eigenvalue weighted by atomic mass is 9.93. The summed E-state index contributed by atoms with van der Waals surface area (Å²) in [5.74, 6) is 0.0121. The Hall–Kier alpha value is -1.81. The van der Waals surface area contributed by atoms with Crippen LogP contribution in [-0.4, -0.2) is 16.5 Å². The molecule has 0 bridgehead atoms. The van der Waals surface area contributed by atoms with Crippen LogP contribution in [0.4, 0.5) is 4.39 Å². The topological polar surface area (TPSA) is 37.8 Å². The molecule has 0 fully saturated rings. The number of hydrogen-bond acceptors (Lipinski definition) is 3. The van der Waals surface area contributed by atoms with Gasteiger partial charge in [0.05, 0.1) is 17.9 Å². The van der Waals surface area contributed by atoms with E-state index in [1.165, 1.54) is 17.8 Å². The standard InChI is InChI=1S/C16H18FN3/c1-2-18-16(14-8-6-12(17)10-20-14)13-7-5-11-4-3-9-19-15(11)13/h3-4,6,8-10,13,16,18H,2,5,7H2,1H3. The van der Waals surface area contributed by atoms with E-state index < -0.39 is 0 Å². The van der Waals surface area contributed by atoms with Gasteiger partial charge in [0.25, 0.3) is 0 Å². The molecule has 2 aromatic rings. The molecule has 0 aromatic carbocycles. The minimum absolute atomic E-state index is 0.0942. The fourth-order valence-electron chi connectivity index (χ4n) is 3.01. The lowest BCUT2D eigenvalue weighted by Crippen LogP contribution is -2.27. The van der Waals surface area contributed by atoms with Crippen molar-refractivity contribution < 1.29 is 4.39 Å². The van der Waals surface area contributed by atoms with Crippen LogP contribution in [0.5, 0.6) is 0 Å². The number of rotatable bonds is 4. The van der Waals surface area contributed by atoms with Crippen molar-refractivity contribution in [1.29, 1.82) is 0 Å². The number of fused-ring (bicyclic) bond motifs is 1. The molecular formula is C16H18FN3. The van der Waals surface area contributed by atoms with Crippen LogP contribution in [0.2, 0.25) is 0 Å². The van der Waals surface area contributed by atoms with E-state index in [4.69, 9.17) is 0 Å². The molecular weight excluding hydrogens is 253 g/mol. The van der Waals surface area contributed by atoms with E-state index in [9.17, 15) is 4.39 Å². The zero-order chi connectivity index (χ0) is 13.9. The smallest absolute Gasteiger partial charge is 0.141 e. The first kappa shape index (κ1) is 13.2. The number of nitrogens with one attached hydrogen (secondary N) is 1. The third-order valence-corrected chi connectivity index (χ3v) is 3.90. The first-order valence-corrected chi connectivity index (χ1v) is 7.08. The largest absolute Gasteiger partial charge is 0.308 e. The molecule has 1 aliphatic carbocycles. The van der Waals surface area contributed by atoms with E-state index in [0.717, 1.165) is 30.8 Å². The van der Waals surface area contributed by atoms with Gasteiger partial charge >= 0.3 is 0 Å². The third-order valence-electron chi connectivity index (χ3n) is 3.90. The number of aromatic nitrogens is 2. The number of hydrogen-bond donors (Lipinski definition) is 1. The molecule has 3 rings (SSSR count). The summed E-state index contributed by atoms with van der Waals surface area (Å²) in [7, 11) is 0. The van der Waals surface area contributed by atoms with Gasteiger partial charge in [0.2, 0.25) is 0 Å². The number of halogens is 1. The zero-order valence-corrected chi connectivity index (χ0v) is 11.5. The van der Waals surface area contributed by atoms with Gasteiger partial charge in [-0.25, -0.2) is 4.39 Å². The first-order valence-electron chi connectivity index (χ1n) is 7.08. The minimum atomic E-state index is -0.297. The molecule has 0 saturated heterocycles. The second-order valence-electron chi connectivity index (χ2n) is 5.13. The second kappa shape index (κ2) is 5.67. The first-order chi connectivity index (χ1) is 9.79. The SMILES string of the molecule is CCNC(c1ccc(F)cn1)C1CCc2cccnc21. The van der Waals surface area contributed by atoms with Crippen LogP contribution < -0.4 is 5.32 Å². The van der Waals surface area contributed by atoms with E-state index in [1.807, 2.05) is 12.3 Å². The van der Waals surface area contributed by atoms with Crippen LogP contribution in [-0.2, 0) is 6.42 Å². The Labute approximate surface area is 118 Å². The van der Waals surface area contributed by atoms with Crippen LogP contribution in [0.25, 0.3) is 0 Å². The lowest BCUT2D eigenvalue weighted by molar-refractivity contribution is 0.437. The molecule has 2 unspecified atom stereocenters. The number of pyridine rings is 2. The maximum Gasteiger partial charge on any atom is 0.141 e. The monoisotopic (exact) mass is 271 g/mol. The summed E-state index contributed by atoms with van der Waals surface area (Å²) >= 11 is 0. The molecule has 0 aliphatic heterocycles. The van der Waals surface area contributed by atoms with Gasteiger partial charge in [-0.3, -0.25) is 9.97 Å². The summed E-state index contributed by atoms with van der Waals surface area (Å²) in [5, 5.41) is 3.48. The number of aryl methyl sites for hydroxylation is 1. The van der Waals surface area contributed by atoms with Crippen LogP contribution >= 0.6 is 0 Å². The van der Waals surface area contributed by atoms with Crippen molar-refractivity contribution in [2.45, 2.75) is 31.7 Å². The van der Waals surface area contributed by atoms with E-state index >= 15 is 0 Å². The Balaban J connectivity index is 1.94. The molecule has 1 N–H and O–H groups in total. The van der Waals surface area contributed by atoms with Crippen LogP contribution in [0.3, 0.4) is 0 Å². The fourth-order valence-corrected chi connectivity index (χ4v) is 3.01. The Kier molecular flexibility index (Phi) is 3.74. The maximum atomic E-state index is 13.1. The normalized spacial score (nSPS) is 18.8. The summed E-state index contributed by atoms with van der Waals surface area (Å²) in [6, 6.07) is 7.46. The summed E-state index contributed by atoms with van der Waals surface area (Å²) in [5.41, 5.74) is 3.36. The van der Waals surface area contributed by atoms with Crippen molar-refractivity contribution in [3.05, 3.63) is 59.4 Å². The predicted molar refractivity (Wildman–Crippen MR) is 75.9 cm³/mol. The van der Waals surface area contributed by atoms with E-state index in [-0.39, 0.29) is 11.9 Å². The molecule has 104 valence electrons. The second-order valence-corrected chi connectivity index (χ2v) is 5.13. The van der Waals surface area contributed by atoms with Crippen LogP contribution in [0.15, 0.2) is 36.7 Å². The van der Waals surface area contributed by atoms with E-state index in [2.05, 4.69) is 28.3 Å². The van der Waals surface area contributed by atoms with Crippen molar-refractivity contribution in [2.75, 3.05) is 6.54 Å². The molecule has 2 atom stereocenters. The maximum absolute atomic E-state index is 13.1. The Bertz CT molecular complexity index is 583. The Morgan fingerprint density at radius 3 is 3.00 bits per heavy atom. The highest BCUT2D eigenvalue weighted by molar-refractivity contribution is 5.32. The summed E-state index contributed by atoms with van der Waals surface area (Å²) in [6.45, 7) is 2.92. The molecule has 4 heteroatoms. The third kappa shape index (κ3) is 2.43. The average molecular weight is 271 g/mol. The Morgan fingerprint density at radius 1 is 1.35 bits per heavy atom. The quantitative estimate of drug-likeness (QED) is 0.929. The van der Waals surface area contributed by atoms with Crippen molar-refractivity contribution in [1.82, 2.24) is 15.3 Å². The summed E-state index contributed by atoms with van der Waals surface area (Å²) in [6.07, 6.45) is 5.24. The number of likely N-dealkylation sites (N-methyl/N-ethyl adjacent to an activating group) is 1. The van der Waals surface area contributed by atoms with Crippen molar-refractivity contribution in [3.8, 4) is 0 Å². The fraction of sp³-hybridized carbons (Fsp3) is 0.375. The highest BCUT2D eigenvalue weighted by atomic mass is 19.1. The highest BCUT2D eigenvalue weighted by Crippen LogP contribution is 2.39. The average Bonchev–Trinajstić information content (AvgIpc) is 2.90. The van der Waals surface area contributed by atoms with Gasteiger partial charge in [0.15, 0.2) is 0 Å². The Morgan fingerprint density at radius 2 is 2.25 bits per heavy atom. The molecule has 2 heterocycles. The van der Waals surface area contributed by atoms with Crippen molar-refractivity contribution in [3.63, 3.8) is 0 Å². The lowest BCUT2D eigenvalue weighted by Gasteiger charge is -2.24. The molecule has 20 heavy (non-hydrogen) atoms. The summed E-state index contributed by atoms with van der Waals surface area (Å²) < 4.78 is 13.1. The molecule has 3 nitrogen and oxygen atoms in total. The van der Waals surface area contributed by atoms with Gasteiger partial charge in [0, 0.05) is 17.8 Å². The van der Waals surface area contributed by atoms with Gasteiger partial charge in [-0.2, -0.15) is 0 Å². The molecule has 0 spiro atoms. The van der Waals surface area contributed by atoms with Gasteiger partial charge in [0.1, 0.15) is 5.82 Å². The van der Waals surface area contributed by atoms with Crippen LogP contribution in [0.1, 0.15) is 42.3 Å². The van der Waals surface area contributed by atoms with Gasteiger partial charge in [-0.15, -0.1) is 0 Å².